The lowest BCUT2D eigenvalue weighted by molar-refractivity contribution is 0.177. The summed E-state index contributed by atoms with van der Waals surface area (Å²) in [4.78, 5) is 0. The maximum absolute atomic E-state index is 10.0. The van der Waals surface area contributed by atoms with Crippen LogP contribution in [-0.4, -0.2) is 5.11 Å². The van der Waals surface area contributed by atoms with Gasteiger partial charge in [0.25, 0.3) is 0 Å². The molecule has 2 aromatic rings. The molecule has 90 valence electrons. The Labute approximate surface area is 114 Å². The molecule has 0 aliphatic heterocycles. The lowest BCUT2D eigenvalue weighted by Crippen LogP contribution is -2.01. The van der Waals surface area contributed by atoms with E-state index >= 15 is 0 Å². The van der Waals surface area contributed by atoms with Crippen LogP contribution in [0.2, 0.25) is 15.3 Å². The SMILES string of the molecule is OC(Cc1ccc(Cl)cc1Cl)c1ccoc1Cl. The van der Waals surface area contributed by atoms with Gasteiger partial charge in [-0.1, -0.05) is 29.3 Å². The highest BCUT2D eigenvalue weighted by Gasteiger charge is 2.16. The number of halogens is 3. The zero-order chi connectivity index (χ0) is 12.4. The smallest absolute Gasteiger partial charge is 0.198 e. The molecule has 1 heterocycles. The molecule has 0 saturated heterocycles. The van der Waals surface area contributed by atoms with E-state index < -0.39 is 6.10 Å². The Morgan fingerprint density at radius 2 is 1.94 bits per heavy atom. The van der Waals surface area contributed by atoms with E-state index in [-0.39, 0.29) is 5.22 Å². The standard InChI is InChI=1S/C12H9Cl3O2/c13-8-2-1-7(10(14)6-8)5-11(16)9-3-4-17-12(9)15/h1-4,6,11,16H,5H2. The molecule has 1 atom stereocenters. The monoisotopic (exact) mass is 290 g/mol. The number of hydrogen-bond donors (Lipinski definition) is 1. The number of rotatable bonds is 3. The van der Waals surface area contributed by atoms with Gasteiger partial charge in [-0.2, -0.15) is 0 Å². The molecule has 0 aliphatic carbocycles. The molecule has 5 heteroatoms. The van der Waals surface area contributed by atoms with Crippen molar-refractivity contribution in [1.29, 1.82) is 0 Å². The van der Waals surface area contributed by atoms with Crippen molar-refractivity contribution in [2.45, 2.75) is 12.5 Å². The van der Waals surface area contributed by atoms with Crippen LogP contribution in [0.1, 0.15) is 17.2 Å². The van der Waals surface area contributed by atoms with Gasteiger partial charge in [0.05, 0.1) is 12.4 Å². The van der Waals surface area contributed by atoms with Crippen LogP contribution in [0.5, 0.6) is 0 Å². The van der Waals surface area contributed by atoms with Gasteiger partial charge in [-0.05, 0) is 35.4 Å². The molecule has 0 saturated carbocycles. The van der Waals surface area contributed by atoms with E-state index in [1.54, 1.807) is 24.3 Å². The van der Waals surface area contributed by atoms with Gasteiger partial charge in [-0.25, -0.2) is 0 Å². The third kappa shape index (κ3) is 2.96. The van der Waals surface area contributed by atoms with Gasteiger partial charge in [-0.15, -0.1) is 0 Å². The highest BCUT2D eigenvalue weighted by molar-refractivity contribution is 6.35. The summed E-state index contributed by atoms with van der Waals surface area (Å²) >= 11 is 17.6. The van der Waals surface area contributed by atoms with Crippen LogP contribution in [0.15, 0.2) is 34.9 Å². The first kappa shape index (κ1) is 12.8. The normalized spacial score (nSPS) is 12.7. The van der Waals surface area contributed by atoms with Gasteiger partial charge in [-0.3, -0.25) is 0 Å². The molecule has 1 aromatic carbocycles. The third-order valence-electron chi connectivity index (χ3n) is 2.43. The first-order chi connectivity index (χ1) is 8.08. The molecule has 0 aliphatic rings. The fraction of sp³-hybridized carbons (Fsp3) is 0.167. The van der Waals surface area contributed by atoms with Crippen LogP contribution < -0.4 is 0 Å². The Kier molecular flexibility index (Phi) is 4.00. The molecular weight excluding hydrogens is 282 g/mol. The Morgan fingerprint density at radius 1 is 1.18 bits per heavy atom. The highest BCUT2D eigenvalue weighted by atomic mass is 35.5. The molecule has 1 N–H and O–H groups in total. The van der Waals surface area contributed by atoms with Crippen LogP contribution >= 0.6 is 34.8 Å². The van der Waals surface area contributed by atoms with Crippen LogP contribution in [0.4, 0.5) is 0 Å². The van der Waals surface area contributed by atoms with Gasteiger partial charge in [0.15, 0.2) is 5.22 Å². The minimum absolute atomic E-state index is 0.197. The predicted molar refractivity (Wildman–Crippen MR) is 68.8 cm³/mol. The lowest BCUT2D eigenvalue weighted by atomic mass is 10.0. The fourth-order valence-electron chi connectivity index (χ4n) is 1.55. The molecule has 0 radical (unpaired) electrons. The Hall–Kier alpha value is -0.670. The van der Waals surface area contributed by atoms with Crippen molar-refractivity contribution < 1.29 is 9.52 Å². The number of hydrogen-bond acceptors (Lipinski definition) is 2. The average Bonchev–Trinajstić information content (AvgIpc) is 2.68. The highest BCUT2D eigenvalue weighted by Crippen LogP contribution is 2.29. The van der Waals surface area contributed by atoms with Gasteiger partial charge >= 0.3 is 0 Å². The largest absolute Gasteiger partial charge is 0.453 e. The number of aliphatic hydroxyl groups is 1. The Balaban J connectivity index is 2.19. The van der Waals surface area contributed by atoms with E-state index in [1.807, 2.05) is 0 Å². The van der Waals surface area contributed by atoms with Crippen LogP contribution in [0.25, 0.3) is 0 Å². The van der Waals surface area contributed by atoms with E-state index in [2.05, 4.69) is 0 Å². The van der Waals surface area contributed by atoms with Gasteiger partial charge < -0.3 is 9.52 Å². The minimum Gasteiger partial charge on any atom is -0.453 e. The summed E-state index contributed by atoms with van der Waals surface area (Å²) in [7, 11) is 0. The maximum atomic E-state index is 10.0. The van der Waals surface area contributed by atoms with Crippen LogP contribution in [-0.2, 0) is 6.42 Å². The molecule has 2 nitrogen and oxygen atoms in total. The van der Waals surface area contributed by atoms with Crippen LogP contribution in [0.3, 0.4) is 0 Å². The first-order valence-electron chi connectivity index (χ1n) is 4.93. The van der Waals surface area contributed by atoms with Crippen molar-refractivity contribution in [2.24, 2.45) is 0 Å². The molecule has 17 heavy (non-hydrogen) atoms. The molecule has 1 unspecified atom stereocenters. The topological polar surface area (TPSA) is 33.4 Å². The van der Waals surface area contributed by atoms with E-state index in [0.717, 1.165) is 5.56 Å². The molecule has 0 fully saturated rings. The zero-order valence-electron chi connectivity index (χ0n) is 8.66. The maximum Gasteiger partial charge on any atom is 0.198 e. The summed E-state index contributed by atoms with van der Waals surface area (Å²) < 4.78 is 4.92. The third-order valence-corrected chi connectivity index (χ3v) is 3.33. The average molecular weight is 292 g/mol. The number of aliphatic hydroxyl groups excluding tert-OH is 1. The quantitative estimate of drug-likeness (QED) is 0.902. The molecule has 0 bridgehead atoms. The van der Waals surface area contributed by atoms with E-state index in [1.165, 1.54) is 6.26 Å². The van der Waals surface area contributed by atoms with Crippen LogP contribution in [0, 0.1) is 0 Å². The second kappa shape index (κ2) is 5.32. The van der Waals surface area contributed by atoms with Crippen molar-refractivity contribution in [3.63, 3.8) is 0 Å². The zero-order valence-corrected chi connectivity index (χ0v) is 10.9. The number of furan rings is 1. The van der Waals surface area contributed by atoms with Crippen molar-refractivity contribution in [3.8, 4) is 0 Å². The summed E-state index contributed by atoms with van der Waals surface area (Å²) in [6.45, 7) is 0. The predicted octanol–water partition coefficient (Wildman–Crippen LogP) is 4.52. The Morgan fingerprint density at radius 3 is 2.53 bits per heavy atom. The minimum atomic E-state index is -0.750. The van der Waals surface area contributed by atoms with Crippen molar-refractivity contribution in [1.82, 2.24) is 0 Å². The first-order valence-corrected chi connectivity index (χ1v) is 6.06. The molecule has 0 amide bonds. The second-order valence-electron chi connectivity index (χ2n) is 3.61. The summed E-state index contributed by atoms with van der Waals surface area (Å²) in [6, 6.07) is 6.79. The number of benzene rings is 1. The van der Waals surface area contributed by atoms with Gasteiger partial charge in [0, 0.05) is 22.0 Å². The van der Waals surface area contributed by atoms with Gasteiger partial charge in [0.1, 0.15) is 0 Å². The summed E-state index contributed by atoms with van der Waals surface area (Å²) in [5, 5.41) is 11.3. The van der Waals surface area contributed by atoms with E-state index in [0.29, 0.717) is 22.0 Å². The van der Waals surface area contributed by atoms with Crippen molar-refractivity contribution in [2.75, 3.05) is 0 Å². The van der Waals surface area contributed by atoms with E-state index in [4.69, 9.17) is 39.2 Å². The lowest BCUT2D eigenvalue weighted by Gasteiger charge is -2.10. The fourth-order valence-corrected chi connectivity index (χ4v) is 2.27. The summed E-state index contributed by atoms with van der Waals surface area (Å²) in [5.74, 6) is 0. The molecule has 0 spiro atoms. The second-order valence-corrected chi connectivity index (χ2v) is 4.79. The Bertz CT molecular complexity index is 522. The van der Waals surface area contributed by atoms with Crippen molar-refractivity contribution >= 4 is 34.8 Å². The summed E-state index contributed by atoms with van der Waals surface area (Å²) in [6.07, 6.45) is 1.04. The van der Waals surface area contributed by atoms with E-state index in [9.17, 15) is 5.11 Å². The molecular formula is C12H9Cl3O2. The van der Waals surface area contributed by atoms with Gasteiger partial charge in [0.2, 0.25) is 0 Å². The molecule has 1 aromatic heterocycles. The molecule has 2 rings (SSSR count). The summed E-state index contributed by atoms with van der Waals surface area (Å²) in [5.41, 5.74) is 1.36. The van der Waals surface area contributed by atoms with Crippen molar-refractivity contribution in [3.05, 3.63) is 56.9 Å².